The molecular formula is C30H46N4O2. The molecule has 0 saturated carbocycles. The minimum atomic E-state index is -0.128. The van der Waals surface area contributed by atoms with Gasteiger partial charge in [0, 0.05) is 40.6 Å². The third-order valence-corrected chi connectivity index (χ3v) is 6.21. The standard InChI is InChI=1S/C16H23NO2.C12H19N.C2H4N2/c1-8(2)12-7-13(10(5)18)15(11(6)19)14(9(3)4)16(12)17;1-8(2)10-6-5-7-11(9(3)4)12(10)13;1-2-4-3/h7-9,12,17H,1-6H3;5-10,13H,1-4H3;2-3H,1H2. The smallest absolute Gasteiger partial charge is 0.160 e. The van der Waals surface area contributed by atoms with E-state index in [9.17, 15) is 9.59 Å². The zero-order valence-electron chi connectivity index (χ0n) is 23.8. The van der Waals surface area contributed by atoms with Gasteiger partial charge in [0.15, 0.2) is 11.6 Å². The van der Waals surface area contributed by atoms with Crippen molar-refractivity contribution in [2.24, 2.45) is 40.6 Å². The van der Waals surface area contributed by atoms with Crippen molar-refractivity contribution in [1.29, 1.82) is 16.3 Å². The predicted molar refractivity (Wildman–Crippen MR) is 151 cm³/mol. The van der Waals surface area contributed by atoms with Gasteiger partial charge in [-0.25, -0.2) is 5.53 Å². The van der Waals surface area contributed by atoms with Crippen molar-refractivity contribution in [2.45, 2.75) is 69.2 Å². The van der Waals surface area contributed by atoms with Crippen molar-refractivity contribution in [3.05, 3.63) is 59.4 Å². The summed E-state index contributed by atoms with van der Waals surface area (Å²) in [5.74, 6) is 1.32. The second kappa shape index (κ2) is 15.2. The second-order valence-electron chi connectivity index (χ2n) is 10.5. The molecule has 6 nitrogen and oxygen atoms in total. The summed E-state index contributed by atoms with van der Waals surface area (Å²) in [5, 5.41) is 19.1. The fourth-order valence-electron chi connectivity index (χ4n) is 4.32. The van der Waals surface area contributed by atoms with Crippen molar-refractivity contribution in [2.75, 3.05) is 0 Å². The summed E-state index contributed by atoms with van der Waals surface area (Å²) < 4.78 is 0. The SMILES string of the molecule is C=CN=N.CC(=O)C1=CC(C(C)C)C(=N)C(C(C)C)=C1C(C)=O.CC(C)C1=CC=CC(C(C)C)C1=N. The van der Waals surface area contributed by atoms with Gasteiger partial charge in [-0.3, -0.25) is 9.59 Å². The second-order valence-corrected chi connectivity index (χ2v) is 10.5. The van der Waals surface area contributed by atoms with Crippen LogP contribution in [0.25, 0.3) is 0 Å². The summed E-state index contributed by atoms with van der Waals surface area (Å²) >= 11 is 0. The highest BCUT2D eigenvalue weighted by atomic mass is 16.1. The lowest BCUT2D eigenvalue weighted by Crippen LogP contribution is -2.30. The Morgan fingerprint density at radius 2 is 1.39 bits per heavy atom. The molecule has 0 bridgehead atoms. The number of allylic oxidation sites excluding steroid dienone is 8. The third kappa shape index (κ3) is 8.89. The molecule has 0 aliphatic heterocycles. The number of Topliss-reactive ketones (excluding diaryl/α,β-unsaturated/α-hetero) is 2. The van der Waals surface area contributed by atoms with Crippen LogP contribution in [0.3, 0.4) is 0 Å². The lowest BCUT2D eigenvalue weighted by atomic mass is 9.73. The summed E-state index contributed by atoms with van der Waals surface area (Å²) in [7, 11) is 0. The van der Waals surface area contributed by atoms with Crippen LogP contribution in [-0.4, -0.2) is 23.0 Å². The molecule has 0 heterocycles. The first-order valence-electron chi connectivity index (χ1n) is 12.6. The molecule has 0 saturated heterocycles. The van der Waals surface area contributed by atoms with Crippen molar-refractivity contribution >= 4 is 23.0 Å². The van der Waals surface area contributed by atoms with E-state index in [1.807, 2.05) is 27.7 Å². The Hall–Kier alpha value is -3.02. The molecule has 198 valence electrons. The van der Waals surface area contributed by atoms with Crippen molar-refractivity contribution in [1.82, 2.24) is 0 Å². The molecule has 3 N–H and O–H groups in total. The average molecular weight is 495 g/mol. The Kier molecular flexibility index (Phi) is 13.9. The van der Waals surface area contributed by atoms with Gasteiger partial charge < -0.3 is 10.8 Å². The van der Waals surface area contributed by atoms with Gasteiger partial charge in [0.25, 0.3) is 0 Å². The molecule has 0 spiro atoms. The first kappa shape index (κ1) is 33.0. The third-order valence-electron chi connectivity index (χ3n) is 6.21. The zero-order chi connectivity index (χ0) is 28.3. The van der Waals surface area contributed by atoms with Gasteiger partial charge in [-0.1, -0.05) is 86.3 Å². The van der Waals surface area contributed by atoms with Crippen LogP contribution >= 0.6 is 0 Å². The van der Waals surface area contributed by atoms with E-state index in [0.717, 1.165) is 11.3 Å². The summed E-state index contributed by atoms with van der Waals surface area (Å²) in [6.45, 7) is 22.7. The fourth-order valence-corrected chi connectivity index (χ4v) is 4.32. The molecule has 6 heteroatoms. The van der Waals surface area contributed by atoms with E-state index < -0.39 is 0 Å². The Bertz CT molecular complexity index is 982. The zero-order valence-corrected chi connectivity index (χ0v) is 23.8. The van der Waals surface area contributed by atoms with E-state index in [4.69, 9.17) is 16.3 Å². The molecule has 2 atom stereocenters. The Labute approximate surface area is 218 Å². The maximum Gasteiger partial charge on any atom is 0.160 e. The van der Waals surface area contributed by atoms with Gasteiger partial charge in [0.2, 0.25) is 0 Å². The molecule has 2 unspecified atom stereocenters. The first-order chi connectivity index (χ1) is 16.6. The van der Waals surface area contributed by atoms with Crippen LogP contribution in [0.2, 0.25) is 0 Å². The molecular weight excluding hydrogens is 448 g/mol. The van der Waals surface area contributed by atoms with Crippen LogP contribution in [0.15, 0.2) is 64.5 Å². The van der Waals surface area contributed by atoms with E-state index in [2.05, 4.69) is 57.6 Å². The normalized spacial score (nSPS) is 19.4. The van der Waals surface area contributed by atoms with Crippen LogP contribution in [0, 0.1) is 51.9 Å². The molecule has 36 heavy (non-hydrogen) atoms. The van der Waals surface area contributed by atoms with Gasteiger partial charge in [-0.15, -0.1) is 0 Å². The quantitative estimate of drug-likeness (QED) is 0.311. The lowest BCUT2D eigenvalue weighted by molar-refractivity contribution is -0.116. The Balaban J connectivity index is 0.000000622. The summed E-state index contributed by atoms with van der Waals surface area (Å²) in [5.41, 5.74) is 10.1. The molecule has 2 rings (SSSR count). The van der Waals surface area contributed by atoms with Gasteiger partial charge in [0.05, 0.1) is 0 Å². The number of hydrogen-bond acceptors (Lipinski definition) is 6. The minimum absolute atomic E-state index is 0.0655. The van der Waals surface area contributed by atoms with Gasteiger partial charge in [-0.05, 0) is 48.7 Å². The minimum Gasteiger partial charge on any atom is -0.304 e. The maximum atomic E-state index is 11.9. The molecule has 2 aliphatic carbocycles. The predicted octanol–water partition coefficient (Wildman–Crippen LogP) is 7.94. The monoisotopic (exact) mass is 494 g/mol. The highest BCUT2D eigenvalue weighted by molar-refractivity contribution is 6.19. The number of nitrogens with zero attached hydrogens (tertiary/aromatic N) is 1. The molecule has 0 aromatic rings. The summed E-state index contributed by atoms with van der Waals surface area (Å²) in [6, 6.07) is 0. The largest absolute Gasteiger partial charge is 0.304 e. The summed E-state index contributed by atoms with van der Waals surface area (Å²) in [4.78, 5) is 23.7. The van der Waals surface area contributed by atoms with Crippen molar-refractivity contribution in [3.63, 3.8) is 0 Å². The van der Waals surface area contributed by atoms with Gasteiger partial charge >= 0.3 is 0 Å². The number of carbonyl (C=O) groups excluding carboxylic acids is 2. The maximum absolute atomic E-state index is 11.9. The summed E-state index contributed by atoms with van der Waals surface area (Å²) in [6.07, 6.45) is 9.28. The van der Waals surface area contributed by atoms with E-state index in [-0.39, 0.29) is 29.3 Å². The molecule has 0 aromatic carbocycles. The molecule has 0 aromatic heterocycles. The Morgan fingerprint density at radius 1 is 0.889 bits per heavy atom. The fraction of sp³-hybridized carbons (Fsp3) is 0.533. The van der Waals surface area contributed by atoms with E-state index in [1.165, 1.54) is 25.6 Å². The van der Waals surface area contributed by atoms with Crippen LogP contribution in [0.4, 0.5) is 0 Å². The van der Waals surface area contributed by atoms with Gasteiger partial charge in [0.1, 0.15) is 0 Å². The molecule has 0 amide bonds. The van der Waals surface area contributed by atoms with Crippen LogP contribution in [-0.2, 0) is 9.59 Å². The van der Waals surface area contributed by atoms with Crippen LogP contribution < -0.4 is 0 Å². The Morgan fingerprint density at radius 3 is 1.72 bits per heavy atom. The molecule has 0 fully saturated rings. The highest BCUT2D eigenvalue weighted by Crippen LogP contribution is 2.35. The molecule has 0 radical (unpaired) electrons. The van der Waals surface area contributed by atoms with E-state index in [0.29, 0.717) is 34.6 Å². The highest BCUT2D eigenvalue weighted by Gasteiger charge is 2.33. The number of ketones is 2. The van der Waals surface area contributed by atoms with Crippen molar-refractivity contribution in [3.8, 4) is 0 Å². The number of hydrogen-bond donors (Lipinski definition) is 3. The number of nitrogens with one attached hydrogen (secondary N) is 3. The average Bonchev–Trinajstić information content (AvgIpc) is 2.78. The van der Waals surface area contributed by atoms with E-state index in [1.54, 1.807) is 6.08 Å². The van der Waals surface area contributed by atoms with Crippen LogP contribution in [0.1, 0.15) is 69.2 Å². The van der Waals surface area contributed by atoms with E-state index >= 15 is 0 Å². The van der Waals surface area contributed by atoms with Gasteiger partial charge in [-0.2, -0.15) is 5.11 Å². The lowest BCUT2D eigenvalue weighted by Gasteiger charge is -2.30. The van der Waals surface area contributed by atoms with Crippen LogP contribution in [0.5, 0.6) is 0 Å². The van der Waals surface area contributed by atoms with Crippen molar-refractivity contribution < 1.29 is 9.59 Å². The number of carbonyl (C=O) groups is 2. The molecule has 2 aliphatic rings. The topological polar surface area (TPSA) is 118 Å². The first-order valence-corrected chi connectivity index (χ1v) is 12.6. The number of rotatable bonds is 7.